The van der Waals surface area contributed by atoms with Crippen molar-refractivity contribution in [1.82, 2.24) is 19.5 Å². The maximum Gasteiger partial charge on any atom is 0.306 e. The van der Waals surface area contributed by atoms with Gasteiger partial charge in [0.25, 0.3) is 0 Å². The average molecular weight is 956 g/mol. The molecule has 0 saturated carbocycles. The first-order valence-electron chi connectivity index (χ1n) is 23.0. The molecule has 2 aromatic heterocycles. The molecule has 0 bridgehead atoms. The van der Waals surface area contributed by atoms with Crippen molar-refractivity contribution in [3.05, 3.63) is 204 Å². The van der Waals surface area contributed by atoms with Crippen LogP contribution in [0.4, 0.5) is 5.82 Å². The Balaban J connectivity index is 1.11. The molecular weight excluding hydrogens is 903 g/mol. The van der Waals surface area contributed by atoms with E-state index in [2.05, 4.69) is 17.4 Å². The van der Waals surface area contributed by atoms with Gasteiger partial charge in [-0.15, -0.1) is 0 Å². The number of aromatic nitrogens is 4. The number of carboxylic acid groups (broad SMARTS) is 1. The van der Waals surface area contributed by atoms with E-state index in [-0.39, 0.29) is 25.9 Å². The van der Waals surface area contributed by atoms with Gasteiger partial charge in [-0.1, -0.05) is 109 Å². The van der Waals surface area contributed by atoms with E-state index in [1.54, 1.807) is 39.3 Å². The maximum atomic E-state index is 13.4. The number of aliphatic carboxylic acids is 1. The van der Waals surface area contributed by atoms with Crippen LogP contribution >= 0.6 is 0 Å². The SMILES string of the molecule is COc1ccc(C(Nc2ncnc3c2ncn3[C@H]2C[C@H](OC(=O)CCC(=O)O)[C@@H](COC(c3ccccc3)(c3ccc(OC)cc3)c3ccc(OC)cc3)O2)(c2ccccc2)c2ccc(OC)cc2)cc1. The lowest BCUT2D eigenvalue weighted by Gasteiger charge is -2.37. The number of rotatable bonds is 20. The fraction of sp³-hybridized carbons (Fsp3) is 0.232. The molecule has 0 radical (unpaired) electrons. The Morgan fingerprint density at radius 3 is 1.58 bits per heavy atom. The number of esters is 1. The highest BCUT2D eigenvalue weighted by molar-refractivity contribution is 5.84. The zero-order chi connectivity index (χ0) is 49.4. The van der Waals surface area contributed by atoms with Gasteiger partial charge >= 0.3 is 11.9 Å². The fourth-order valence-corrected chi connectivity index (χ4v) is 9.28. The zero-order valence-corrected chi connectivity index (χ0v) is 39.6. The minimum Gasteiger partial charge on any atom is -0.497 e. The van der Waals surface area contributed by atoms with Crippen molar-refractivity contribution < 1.29 is 47.9 Å². The van der Waals surface area contributed by atoms with E-state index in [1.807, 2.05) is 146 Å². The summed E-state index contributed by atoms with van der Waals surface area (Å²) in [6.45, 7) is -0.0714. The van der Waals surface area contributed by atoms with Crippen molar-refractivity contribution in [3.8, 4) is 23.0 Å². The monoisotopic (exact) mass is 955 g/mol. The molecule has 0 amide bonds. The highest BCUT2D eigenvalue weighted by Gasteiger charge is 2.45. The van der Waals surface area contributed by atoms with Crippen molar-refractivity contribution in [3.63, 3.8) is 0 Å². The van der Waals surface area contributed by atoms with Crippen LogP contribution in [0.25, 0.3) is 11.2 Å². The number of fused-ring (bicyclic) bond motifs is 1. The number of hydrogen-bond donors (Lipinski definition) is 2. The van der Waals surface area contributed by atoms with Gasteiger partial charge in [-0.25, -0.2) is 15.0 Å². The lowest BCUT2D eigenvalue weighted by atomic mass is 9.77. The second-order valence-corrected chi connectivity index (χ2v) is 16.8. The lowest BCUT2D eigenvalue weighted by molar-refractivity contribution is -0.157. The molecule has 8 aromatic rings. The number of nitrogens with zero attached hydrogens (tertiary/aromatic N) is 4. The molecule has 1 fully saturated rings. The van der Waals surface area contributed by atoms with Gasteiger partial charge in [-0.05, 0) is 81.9 Å². The van der Waals surface area contributed by atoms with Gasteiger partial charge in [0.2, 0.25) is 0 Å². The first-order valence-corrected chi connectivity index (χ1v) is 23.0. The first kappa shape index (κ1) is 47.8. The van der Waals surface area contributed by atoms with Crippen molar-refractivity contribution >= 4 is 28.9 Å². The quantitative estimate of drug-likeness (QED) is 0.0546. The lowest BCUT2D eigenvalue weighted by Crippen LogP contribution is -2.39. The number of nitrogens with one attached hydrogen (secondary N) is 1. The number of hydrogen-bond acceptors (Lipinski definition) is 13. The Labute approximate surface area is 410 Å². The molecule has 15 nitrogen and oxygen atoms in total. The molecule has 1 aliphatic rings. The van der Waals surface area contributed by atoms with E-state index in [1.165, 1.54) is 6.33 Å². The Bertz CT molecular complexity index is 2950. The third-order valence-electron chi connectivity index (χ3n) is 12.9. The molecule has 362 valence electrons. The molecule has 0 spiro atoms. The van der Waals surface area contributed by atoms with Crippen LogP contribution in [0.1, 0.15) is 58.9 Å². The Kier molecular flexibility index (Phi) is 14.2. The predicted octanol–water partition coefficient (Wildman–Crippen LogP) is 9.34. The standard InChI is InChI=1S/C56H53N5O10/c1-65-43-23-15-38(16-24-43)55(37-11-7-5-8-12-37,39-17-25-44(66-2)26-18-39)60-53-52-54(58-35-57-53)61(36-59-52)49-33-47(71-51(64)32-31-50(62)63)48(70-49)34-69-56(40-13-9-6-10-14-40,41-19-27-45(67-3)28-20-41)42-21-29-46(68-4)30-22-42/h5-30,35-36,47-49H,31-34H2,1-4H3,(H,62,63)(H,57,58,60)/t47-,48+,49+/m0/s1. The van der Waals surface area contributed by atoms with Crippen LogP contribution < -0.4 is 24.3 Å². The van der Waals surface area contributed by atoms with E-state index in [9.17, 15) is 14.7 Å². The summed E-state index contributed by atoms with van der Waals surface area (Å²) in [5.41, 5.74) is 3.80. The Morgan fingerprint density at radius 2 is 1.08 bits per heavy atom. The number of imidazole rings is 1. The van der Waals surface area contributed by atoms with Crippen molar-refractivity contribution in [2.24, 2.45) is 0 Å². The van der Waals surface area contributed by atoms with Gasteiger partial charge in [0.15, 0.2) is 17.0 Å². The largest absolute Gasteiger partial charge is 0.497 e. The van der Waals surface area contributed by atoms with Gasteiger partial charge in [0, 0.05) is 6.42 Å². The Hall–Kier alpha value is -8.27. The molecule has 2 N–H and O–H groups in total. The number of carbonyl (C=O) groups is 2. The number of methoxy groups -OCH3 is 4. The molecule has 0 aliphatic carbocycles. The van der Waals surface area contributed by atoms with Crippen molar-refractivity contribution in [2.45, 2.75) is 48.8 Å². The molecule has 15 heteroatoms. The third kappa shape index (κ3) is 9.69. The summed E-state index contributed by atoms with van der Waals surface area (Å²) in [5, 5.41) is 13.3. The minimum absolute atomic E-state index is 0.0714. The number of ether oxygens (including phenoxy) is 7. The van der Waals surface area contributed by atoms with Crippen LogP contribution in [0.2, 0.25) is 0 Å². The maximum absolute atomic E-state index is 13.4. The normalized spacial score (nSPS) is 15.7. The molecule has 71 heavy (non-hydrogen) atoms. The van der Waals surface area contributed by atoms with Crippen LogP contribution in [-0.2, 0) is 34.9 Å². The molecule has 9 rings (SSSR count). The fourth-order valence-electron chi connectivity index (χ4n) is 9.28. The average Bonchev–Trinajstić information content (AvgIpc) is 4.05. The predicted molar refractivity (Wildman–Crippen MR) is 265 cm³/mol. The van der Waals surface area contributed by atoms with E-state index >= 15 is 0 Å². The van der Waals surface area contributed by atoms with Gasteiger partial charge in [-0.2, -0.15) is 0 Å². The number of carbonyl (C=O) groups excluding carboxylic acids is 1. The topological polar surface area (TPSA) is 175 Å². The summed E-state index contributed by atoms with van der Waals surface area (Å²) in [6, 6.07) is 51.0. The van der Waals surface area contributed by atoms with Gasteiger partial charge in [0.1, 0.15) is 58.9 Å². The summed E-state index contributed by atoms with van der Waals surface area (Å²) in [4.78, 5) is 39.4. The zero-order valence-electron chi connectivity index (χ0n) is 39.6. The molecule has 3 heterocycles. The molecule has 1 saturated heterocycles. The van der Waals surface area contributed by atoms with Crippen molar-refractivity contribution in [2.75, 3.05) is 40.4 Å². The summed E-state index contributed by atoms with van der Waals surface area (Å²) < 4.78 is 44.2. The number of anilines is 1. The number of benzene rings is 6. The molecule has 1 aliphatic heterocycles. The first-order chi connectivity index (χ1) is 34.7. The molecule has 0 unspecified atom stereocenters. The smallest absolute Gasteiger partial charge is 0.306 e. The summed E-state index contributed by atoms with van der Waals surface area (Å²) in [7, 11) is 6.49. The molecule has 6 aromatic carbocycles. The van der Waals surface area contributed by atoms with E-state index in [0.717, 1.165) is 33.4 Å². The van der Waals surface area contributed by atoms with Gasteiger partial charge < -0.3 is 43.6 Å². The van der Waals surface area contributed by atoms with Gasteiger partial charge in [0.05, 0.1) is 54.2 Å². The van der Waals surface area contributed by atoms with E-state index in [0.29, 0.717) is 40.0 Å². The van der Waals surface area contributed by atoms with Crippen LogP contribution in [-0.4, -0.2) is 83.8 Å². The van der Waals surface area contributed by atoms with E-state index in [4.69, 9.17) is 48.1 Å². The highest BCUT2D eigenvalue weighted by Crippen LogP contribution is 2.45. The highest BCUT2D eigenvalue weighted by atomic mass is 16.6. The molecular formula is C56H53N5O10. The summed E-state index contributed by atoms with van der Waals surface area (Å²) in [5.74, 6) is 1.39. The molecule has 3 atom stereocenters. The van der Waals surface area contributed by atoms with E-state index < -0.39 is 41.5 Å². The third-order valence-corrected chi connectivity index (χ3v) is 12.9. The van der Waals surface area contributed by atoms with Crippen LogP contribution in [0.3, 0.4) is 0 Å². The van der Waals surface area contributed by atoms with Crippen molar-refractivity contribution in [1.29, 1.82) is 0 Å². The van der Waals surface area contributed by atoms with Crippen LogP contribution in [0.5, 0.6) is 23.0 Å². The minimum atomic E-state index is -1.21. The van der Waals surface area contributed by atoms with Gasteiger partial charge in [-0.3, -0.25) is 14.2 Å². The second-order valence-electron chi connectivity index (χ2n) is 16.8. The summed E-state index contributed by atoms with van der Waals surface area (Å²) >= 11 is 0. The summed E-state index contributed by atoms with van der Waals surface area (Å²) in [6.07, 6.45) is 0.0868. The number of carboxylic acids is 1. The van der Waals surface area contributed by atoms with Crippen LogP contribution in [0, 0.1) is 0 Å². The second kappa shape index (κ2) is 21.2. The Morgan fingerprint density at radius 1 is 0.620 bits per heavy atom. The van der Waals surface area contributed by atoms with Crippen LogP contribution in [0.15, 0.2) is 170 Å².